The molecule has 0 fully saturated rings. The summed E-state index contributed by atoms with van der Waals surface area (Å²) in [5, 5.41) is 17.5. The van der Waals surface area contributed by atoms with E-state index in [1.165, 1.54) is 5.57 Å². The predicted molar refractivity (Wildman–Crippen MR) is 72.9 cm³/mol. The predicted octanol–water partition coefficient (Wildman–Crippen LogP) is 3.24. The lowest BCUT2D eigenvalue weighted by Gasteiger charge is -2.27. The second kappa shape index (κ2) is 6.55. The fourth-order valence-corrected chi connectivity index (χ4v) is 2.16. The minimum Gasteiger partial charge on any atom is -0.481 e. The normalized spacial score (nSPS) is 18.6. The van der Waals surface area contributed by atoms with Crippen molar-refractivity contribution in [1.82, 2.24) is 0 Å². The number of carboxylic acids is 2. The number of hydrogen-bond acceptors (Lipinski definition) is 2. The van der Waals surface area contributed by atoms with E-state index in [1.54, 1.807) is 6.08 Å². The van der Waals surface area contributed by atoms with Gasteiger partial charge in [-0.05, 0) is 30.6 Å². The van der Waals surface area contributed by atoms with E-state index in [0.29, 0.717) is 5.41 Å². The Hall–Kier alpha value is -1.58. The largest absolute Gasteiger partial charge is 0.481 e. The van der Waals surface area contributed by atoms with Crippen molar-refractivity contribution in [1.29, 1.82) is 0 Å². The third kappa shape index (κ3) is 6.22. The number of hydrogen-bond donors (Lipinski definition) is 2. The molecule has 0 saturated carbocycles. The summed E-state index contributed by atoms with van der Waals surface area (Å²) in [5.74, 6) is -2.37. The van der Waals surface area contributed by atoms with E-state index in [0.717, 1.165) is 19.3 Å². The summed E-state index contributed by atoms with van der Waals surface area (Å²) in [6.45, 7) is 4.45. The van der Waals surface area contributed by atoms with Gasteiger partial charge in [0.05, 0.1) is 12.8 Å². The number of allylic oxidation sites excluding steroid dienone is 4. The zero-order valence-corrected chi connectivity index (χ0v) is 11.6. The number of rotatable bonds is 6. The maximum absolute atomic E-state index is 10.7. The molecule has 19 heavy (non-hydrogen) atoms. The van der Waals surface area contributed by atoms with Crippen LogP contribution in [0.3, 0.4) is 0 Å². The van der Waals surface area contributed by atoms with Gasteiger partial charge in [0.1, 0.15) is 0 Å². The van der Waals surface area contributed by atoms with Gasteiger partial charge >= 0.3 is 11.9 Å². The van der Waals surface area contributed by atoms with Crippen molar-refractivity contribution < 1.29 is 19.8 Å². The van der Waals surface area contributed by atoms with Gasteiger partial charge in [-0.25, -0.2) is 0 Å². The molecule has 1 aliphatic carbocycles. The van der Waals surface area contributed by atoms with Crippen molar-refractivity contribution >= 4 is 11.9 Å². The van der Waals surface area contributed by atoms with E-state index in [2.05, 4.69) is 19.9 Å². The lowest BCUT2D eigenvalue weighted by Crippen LogP contribution is -2.14. The van der Waals surface area contributed by atoms with Crippen LogP contribution in [0.25, 0.3) is 0 Å². The molecule has 106 valence electrons. The Morgan fingerprint density at radius 3 is 2.32 bits per heavy atom. The molecule has 0 aromatic rings. The van der Waals surface area contributed by atoms with Crippen LogP contribution in [0.2, 0.25) is 0 Å². The van der Waals surface area contributed by atoms with Crippen molar-refractivity contribution in [2.24, 2.45) is 11.3 Å². The molecule has 1 rings (SSSR count). The van der Waals surface area contributed by atoms with E-state index in [-0.39, 0.29) is 12.8 Å². The zero-order valence-electron chi connectivity index (χ0n) is 11.6. The molecule has 0 heterocycles. The summed E-state index contributed by atoms with van der Waals surface area (Å²) in [7, 11) is 0. The summed E-state index contributed by atoms with van der Waals surface area (Å²) < 4.78 is 0. The van der Waals surface area contributed by atoms with Gasteiger partial charge in [0.2, 0.25) is 0 Å². The topological polar surface area (TPSA) is 74.6 Å². The lowest BCUT2D eigenvalue weighted by molar-refractivity contribution is -0.139. The van der Waals surface area contributed by atoms with Crippen molar-refractivity contribution in [3.05, 3.63) is 23.8 Å². The third-order valence-electron chi connectivity index (χ3n) is 3.46. The van der Waals surface area contributed by atoms with E-state index < -0.39 is 17.9 Å². The van der Waals surface area contributed by atoms with Crippen LogP contribution in [-0.4, -0.2) is 22.2 Å². The highest BCUT2D eigenvalue weighted by Crippen LogP contribution is 2.34. The molecule has 0 amide bonds. The molecule has 0 bridgehead atoms. The van der Waals surface area contributed by atoms with Gasteiger partial charge in [-0.3, -0.25) is 9.59 Å². The molecular formula is C15H22O4. The SMILES string of the molecule is CC1(C)CC=C(/C=C/C(CC(=O)O)CC(=O)O)CC1. The molecule has 2 N–H and O–H groups in total. The Labute approximate surface area is 113 Å². The highest BCUT2D eigenvalue weighted by molar-refractivity contribution is 5.71. The van der Waals surface area contributed by atoms with Crippen LogP contribution in [0.4, 0.5) is 0 Å². The fourth-order valence-electron chi connectivity index (χ4n) is 2.16. The molecule has 0 aliphatic heterocycles. The minimum atomic E-state index is -0.963. The summed E-state index contributed by atoms with van der Waals surface area (Å²) in [4.78, 5) is 21.4. The van der Waals surface area contributed by atoms with Crippen LogP contribution in [0, 0.1) is 11.3 Å². The molecule has 0 saturated heterocycles. The Bertz CT molecular complexity index is 388. The first kappa shape index (κ1) is 15.5. The highest BCUT2D eigenvalue weighted by atomic mass is 16.4. The number of carboxylic acid groups (broad SMARTS) is 2. The van der Waals surface area contributed by atoms with E-state index in [4.69, 9.17) is 10.2 Å². The van der Waals surface area contributed by atoms with Crippen molar-refractivity contribution in [3.8, 4) is 0 Å². The summed E-state index contributed by atoms with van der Waals surface area (Å²) in [6, 6.07) is 0. The average Bonchev–Trinajstić information content (AvgIpc) is 2.25. The van der Waals surface area contributed by atoms with Crippen molar-refractivity contribution in [3.63, 3.8) is 0 Å². The first-order chi connectivity index (χ1) is 8.78. The first-order valence-corrected chi connectivity index (χ1v) is 6.59. The van der Waals surface area contributed by atoms with Gasteiger partial charge in [0.15, 0.2) is 0 Å². The van der Waals surface area contributed by atoms with Crippen LogP contribution >= 0.6 is 0 Å². The van der Waals surface area contributed by atoms with Crippen LogP contribution in [0.1, 0.15) is 46.0 Å². The summed E-state index contributed by atoms with van der Waals surface area (Å²) >= 11 is 0. The van der Waals surface area contributed by atoms with Gasteiger partial charge in [0, 0.05) is 0 Å². The van der Waals surface area contributed by atoms with Crippen LogP contribution in [0.5, 0.6) is 0 Å². The summed E-state index contributed by atoms with van der Waals surface area (Å²) in [6.07, 6.45) is 8.59. The van der Waals surface area contributed by atoms with Crippen molar-refractivity contribution in [2.75, 3.05) is 0 Å². The third-order valence-corrected chi connectivity index (χ3v) is 3.46. The quantitative estimate of drug-likeness (QED) is 0.774. The first-order valence-electron chi connectivity index (χ1n) is 6.59. The molecule has 0 aromatic heterocycles. The summed E-state index contributed by atoms with van der Waals surface area (Å²) in [5.41, 5.74) is 1.51. The Morgan fingerprint density at radius 2 is 1.89 bits per heavy atom. The molecule has 1 aliphatic rings. The van der Waals surface area contributed by atoms with Crippen LogP contribution < -0.4 is 0 Å². The van der Waals surface area contributed by atoms with E-state index >= 15 is 0 Å². The van der Waals surface area contributed by atoms with Gasteiger partial charge in [-0.15, -0.1) is 0 Å². The minimum absolute atomic E-state index is 0.137. The zero-order chi connectivity index (χ0) is 14.5. The molecule has 4 nitrogen and oxygen atoms in total. The fraction of sp³-hybridized carbons (Fsp3) is 0.600. The highest BCUT2D eigenvalue weighted by Gasteiger charge is 2.20. The number of carbonyl (C=O) groups is 2. The molecule has 0 unspecified atom stereocenters. The Morgan fingerprint density at radius 1 is 1.32 bits per heavy atom. The second-order valence-corrected chi connectivity index (χ2v) is 5.96. The van der Waals surface area contributed by atoms with Crippen LogP contribution in [-0.2, 0) is 9.59 Å². The Kier molecular flexibility index (Phi) is 5.33. The Balaban J connectivity index is 2.63. The smallest absolute Gasteiger partial charge is 0.303 e. The van der Waals surface area contributed by atoms with Gasteiger partial charge in [0.25, 0.3) is 0 Å². The maximum Gasteiger partial charge on any atom is 0.303 e. The van der Waals surface area contributed by atoms with Gasteiger partial charge < -0.3 is 10.2 Å². The lowest BCUT2D eigenvalue weighted by atomic mass is 9.78. The monoisotopic (exact) mass is 266 g/mol. The van der Waals surface area contributed by atoms with Crippen molar-refractivity contribution in [2.45, 2.75) is 46.0 Å². The maximum atomic E-state index is 10.7. The average molecular weight is 266 g/mol. The second-order valence-electron chi connectivity index (χ2n) is 5.96. The molecule has 0 spiro atoms. The van der Waals surface area contributed by atoms with Gasteiger partial charge in [-0.2, -0.15) is 0 Å². The molecule has 0 aromatic carbocycles. The molecule has 4 heteroatoms. The molecule has 0 atom stereocenters. The molecule has 0 radical (unpaired) electrons. The van der Waals surface area contributed by atoms with E-state index in [1.807, 2.05) is 6.08 Å². The molecular weight excluding hydrogens is 244 g/mol. The van der Waals surface area contributed by atoms with E-state index in [9.17, 15) is 9.59 Å². The standard InChI is InChI=1S/C15H22O4/c1-15(2)7-5-11(6-8-15)3-4-12(9-13(16)17)10-14(18)19/h3-5,12H,6-10H2,1-2H3,(H,16,17)(H,18,19)/b4-3+. The number of aliphatic carboxylic acids is 2. The van der Waals surface area contributed by atoms with Crippen LogP contribution in [0.15, 0.2) is 23.8 Å². The van der Waals surface area contributed by atoms with Gasteiger partial charge in [-0.1, -0.05) is 37.6 Å².